The van der Waals surface area contributed by atoms with Gasteiger partial charge in [0.2, 0.25) is 0 Å². The lowest BCUT2D eigenvalue weighted by Crippen LogP contribution is -2.18. The molecule has 2 nitrogen and oxygen atoms in total. The van der Waals surface area contributed by atoms with Gasteiger partial charge in [0, 0.05) is 51.9 Å². The molecule has 6 aromatic carbocycles. The maximum Gasteiger partial charge on any atom is 0.0461 e. The van der Waals surface area contributed by atoms with Crippen LogP contribution in [0.25, 0.3) is 22.3 Å². The Bertz CT molecular complexity index is 2720. The first kappa shape index (κ1) is 39.0. The van der Waals surface area contributed by atoms with Gasteiger partial charge in [-0.3, -0.25) is 0 Å². The summed E-state index contributed by atoms with van der Waals surface area (Å²) in [5.41, 5.74) is 16.0. The molecule has 0 radical (unpaired) electrons. The van der Waals surface area contributed by atoms with Crippen LogP contribution in [0.2, 0.25) is 0 Å². The third kappa shape index (κ3) is 8.55. The lowest BCUT2D eigenvalue weighted by Gasteiger charge is -2.30. The molecule has 0 heterocycles. The molecule has 10 rings (SSSR count). The summed E-state index contributed by atoms with van der Waals surface area (Å²) in [5, 5.41) is 0. The monoisotopic (exact) mass is 800 g/mol. The van der Waals surface area contributed by atoms with Crippen LogP contribution in [-0.4, -0.2) is 0 Å². The summed E-state index contributed by atoms with van der Waals surface area (Å²) in [4.78, 5) is 4.81. The van der Waals surface area contributed by atoms with Crippen molar-refractivity contribution in [1.29, 1.82) is 0 Å². The second-order valence-corrected chi connectivity index (χ2v) is 16.7. The smallest absolute Gasteiger partial charge is 0.0461 e. The van der Waals surface area contributed by atoms with Gasteiger partial charge < -0.3 is 9.80 Å². The number of nitrogens with zero attached hydrogens (tertiary/aromatic N) is 2. The van der Waals surface area contributed by atoms with E-state index < -0.39 is 0 Å². The van der Waals surface area contributed by atoms with Gasteiger partial charge in [0.05, 0.1) is 0 Å². The third-order valence-electron chi connectivity index (χ3n) is 12.7. The largest absolute Gasteiger partial charge is 0.311 e. The average Bonchev–Trinajstić information content (AvgIpc) is 3.36. The molecule has 0 bridgehead atoms. The Labute approximate surface area is 367 Å². The van der Waals surface area contributed by atoms with Gasteiger partial charge in [-0.25, -0.2) is 0 Å². The molecular formula is C60H52N2. The first-order chi connectivity index (χ1) is 30.7. The highest BCUT2D eigenvalue weighted by atomic mass is 15.2. The number of rotatable bonds is 11. The summed E-state index contributed by atoms with van der Waals surface area (Å²) < 4.78 is 0. The van der Waals surface area contributed by atoms with E-state index >= 15 is 0 Å². The van der Waals surface area contributed by atoms with E-state index in [1.807, 2.05) is 0 Å². The fourth-order valence-corrected chi connectivity index (χ4v) is 9.29. The van der Waals surface area contributed by atoms with Crippen LogP contribution in [-0.2, 0) is 0 Å². The molecule has 302 valence electrons. The second-order valence-electron chi connectivity index (χ2n) is 16.7. The van der Waals surface area contributed by atoms with Gasteiger partial charge >= 0.3 is 0 Å². The van der Waals surface area contributed by atoms with Crippen molar-refractivity contribution in [2.45, 2.75) is 43.9 Å². The van der Waals surface area contributed by atoms with E-state index in [9.17, 15) is 0 Å². The van der Waals surface area contributed by atoms with Crippen molar-refractivity contribution >= 4 is 22.7 Å². The maximum absolute atomic E-state index is 2.41. The molecule has 0 fully saturated rings. The summed E-state index contributed by atoms with van der Waals surface area (Å²) in [6.45, 7) is 0. The van der Waals surface area contributed by atoms with Gasteiger partial charge in [-0.15, -0.1) is 0 Å². The van der Waals surface area contributed by atoms with Crippen LogP contribution in [0.5, 0.6) is 0 Å². The minimum Gasteiger partial charge on any atom is -0.311 e. The molecule has 4 aliphatic rings. The van der Waals surface area contributed by atoms with E-state index in [2.05, 4.69) is 247 Å². The fourth-order valence-electron chi connectivity index (χ4n) is 9.29. The molecule has 6 aromatic rings. The molecule has 0 aromatic heterocycles. The molecule has 3 atom stereocenters. The predicted octanol–water partition coefficient (Wildman–Crippen LogP) is 16.3. The summed E-state index contributed by atoms with van der Waals surface area (Å²) in [6.07, 6.45) is 35.4. The lowest BCUT2D eigenvalue weighted by molar-refractivity contribution is 0.762. The van der Waals surface area contributed by atoms with Gasteiger partial charge in [-0.1, -0.05) is 176 Å². The molecule has 0 aliphatic heterocycles. The van der Waals surface area contributed by atoms with Crippen molar-refractivity contribution < 1.29 is 0 Å². The van der Waals surface area contributed by atoms with E-state index in [0.29, 0.717) is 17.8 Å². The molecule has 0 N–H and O–H groups in total. The highest BCUT2D eigenvalue weighted by Crippen LogP contribution is 2.40. The average molecular weight is 801 g/mol. The molecular weight excluding hydrogens is 749 g/mol. The Balaban J connectivity index is 0.927. The third-order valence-corrected chi connectivity index (χ3v) is 12.7. The van der Waals surface area contributed by atoms with Gasteiger partial charge in [0.1, 0.15) is 0 Å². The summed E-state index contributed by atoms with van der Waals surface area (Å²) in [5.74, 6) is 1.22. The minimum atomic E-state index is 0.379. The molecule has 0 spiro atoms. The highest BCUT2D eigenvalue weighted by molar-refractivity contribution is 5.78. The number of anilines is 4. The Kier molecular flexibility index (Phi) is 11.5. The zero-order chi connectivity index (χ0) is 41.5. The predicted molar refractivity (Wildman–Crippen MR) is 263 cm³/mol. The van der Waals surface area contributed by atoms with Crippen molar-refractivity contribution in [3.05, 3.63) is 265 Å². The highest BCUT2D eigenvalue weighted by Gasteiger charge is 2.21. The lowest BCUT2D eigenvalue weighted by atomic mass is 9.88. The van der Waals surface area contributed by atoms with E-state index in [4.69, 9.17) is 0 Å². The van der Waals surface area contributed by atoms with Crippen molar-refractivity contribution in [3.8, 4) is 22.3 Å². The Morgan fingerprint density at radius 1 is 0.339 bits per heavy atom. The van der Waals surface area contributed by atoms with Gasteiger partial charge in [0.25, 0.3) is 0 Å². The van der Waals surface area contributed by atoms with E-state index in [0.717, 1.165) is 54.9 Å². The van der Waals surface area contributed by atoms with Crippen molar-refractivity contribution in [1.82, 2.24) is 0 Å². The molecule has 62 heavy (non-hydrogen) atoms. The zero-order valence-electron chi connectivity index (χ0n) is 35.2. The Hall–Kier alpha value is -7.16. The first-order valence-corrected chi connectivity index (χ1v) is 22.3. The van der Waals surface area contributed by atoms with Gasteiger partial charge in [-0.05, 0) is 132 Å². The van der Waals surface area contributed by atoms with E-state index in [1.54, 1.807) is 0 Å². The number of hydrogen-bond donors (Lipinski definition) is 0. The number of benzene rings is 6. The van der Waals surface area contributed by atoms with Crippen molar-refractivity contribution in [2.24, 2.45) is 5.92 Å². The molecule has 0 saturated heterocycles. The number of hydrogen-bond acceptors (Lipinski definition) is 2. The maximum atomic E-state index is 2.41. The Morgan fingerprint density at radius 2 is 0.806 bits per heavy atom. The van der Waals surface area contributed by atoms with Crippen molar-refractivity contribution in [2.75, 3.05) is 9.80 Å². The first-order valence-electron chi connectivity index (χ1n) is 22.3. The Morgan fingerprint density at radius 3 is 1.27 bits per heavy atom. The SMILES string of the molecule is C1=CCC(c2ccc(N(C3=CCC(c4ccccc4)C=C3)c3ccc(-c4ccc(N(C5=CCC(C6=CCCC=C6)C=C5)c5ccc(-c6ccccc6)cc5)cc4)cc3)cc2)C=C1. The van der Waals surface area contributed by atoms with E-state index in [1.165, 1.54) is 50.3 Å². The molecule has 0 saturated carbocycles. The number of allylic oxidation sites excluding steroid dienone is 14. The van der Waals surface area contributed by atoms with Gasteiger partial charge in [0.15, 0.2) is 0 Å². The van der Waals surface area contributed by atoms with Crippen LogP contribution >= 0.6 is 0 Å². The normalized spacial score (nSPS) is 19.1. The summed E-state index contributed by atoms with van der Waals surface area (Å²) in [7, 11) is 0. The quantitative estimate of drug-likeness (QED) is 0.129. The van der Waals surface area contributed by atoms with Crippen LogP contribution in [0.15, 0.2) is 254 Å². The van der Waals surface area contributed by atoms with Crippen LogP contribution in [0.1, 0.15) is 55.1 Å². The van der Waals surface area contributed by atoms with E-state index in [-0.39, 0.29) is 0 Å². The van der Waals surface area contributed by atoms with Gasteiger partial charge in [-0.2, -0.15) is 0 Å². The van der Waals surface area contributed by atoms with Crippen molar-refractivity contribution in [3.63, 3.8) is 0 Å². The fraction of sp³-hybridized carbons (Fsp3) is 0.133. The molecule has 4 aliphatic carbocycles. The van der Waals surface area contributed by atoms with Crippen LogP contribution in [0.4, 0.5) is 22.7 Å². The molecule has 0 amide bonds. The molecule has 3 unspecified atom stereocenters. The topological polar surface area (TPSA) is 6.48 Å². The van der Waals surface area contributed by atoms with Crippen LogP contribution in [0, 0.1) is 5.92 Å². The van der Waals surface area contributed by atoms with Crippen LogP contribution < -0.4 is 9.80 Å². The molecule has 2 heteroatoms. The van der Waals surface area contributed by atoms with Crippen LogP contribution in [0.3, 0.4) is 0 Å². The summed E-state index contributed by atoms with van der Waals surface area (Å²) in [6, 6.07) is 57.8. The second kappa shape index (κ2) is 18.2. The minimum absolute atomic E-state index is 0.379. The standard InChI is InChI=1S/C60H52N2/c1-5-13-45(14-6-1)49-21-33-55(34-22-49)61(56-35-23-50(24-36-56)46-15-7-2-8-16-46)59-41-29-53(30-42-59)54-31-43-60(44-32-54)62(57-37-25-51(26-38-57)47-17-9-3-10-18-47)58-39-27-52(28-40-58)48-19-11-4-12-20-48/h1-3,5-11,13-15,17-21,23-27,29-44,46,49,52H,4,12,16,22,28H2. The zero-order valence-corrected chi connectivity index (χ0v) is 35.2. The summed E-state index contributed by atoms with van der Waals surface area (Å²) >= 11 is 0.